The maximum absolute atomic E-state index is 12.5. The Morgan fingerprint density at radius 3 is 2.75 bits per heavy atom. The van der Waals surface area contributed by atoms with Crippen LogP contribution in [0.3, 0.4) is 0 Å². The SMILES string of the molecule is CNC(=O)c1cccc(CCC(=O)N2CCC(C)CC2C(=O)O)c1. The Bertz CT molecular complexity index is 629. The van der Waals surface area contributed by atoms with Gasteiger partial charge in [-0.25, -0.2) is 4.79 Å². The molecule has 0 saturated carbocycles. The topological polar surface area (TPSA) is 86.7 Å². The van der Waals surface area contributed by atoms with E-state index in [4.69, 9.17) is 0 Å². The first-order chi connectivity index (χ1) is 11.4. The first-order valence-electron chi connectivity index (χ1n) is 8.25. The number of benzene rings is 1. The highest BCUT2D eigenvalue weighted by molar-refractivity contribution is 5.94. The highest BCUT2D eigenvalue weighted by Gasteiger charge is 2.34. The average Bonchev–Trinajstić information content (AvgIpc) is 2.59. The van der Waals surface area contributed by atoms with Gasteiger partial charge < -0.3 is 15.3 Å². The molecule has 1 aromatic carbocycles. The molecule has 1 aromatic rings. The minimum absolute atomic E-state index is 0.139. The van der Waals surface area contributed by atoms with Crippen molar-refractivity contribution in [2.75, 3.05) is 13.6 Å². The minimum Gasteiger partial charge on any atom is -0.480 e. The number of carboxylic acids is 1. The second kappa shape index (κ2) is 7.95. The highest BCUT2D eigenvalue weighted by atomic mass is 16.4. The van der Waals surface area contributed by atoms with E-state index < -0.39 is 12.0 Å². The molecule has 0 spiro atoms. The molecule has 1 aliphatic heterocycles. The quantitative estimate of drug-likeness (QED) is 0.859. The van der Waals surface area contributed by atoms with Crippen LogP contribution in [-0.2, 0) is 16.0 Å². The van der Waals surface area contributed by atoms with Crippen LogP contribution >= 0.6 is 0 Å². The molecule has 2 amide bonds. The summed E-state index contributed by atoms with van der Waals surface area (Å²) < 4.78 is 0. The largest absolute Gasteiger partial charge is 0.480 e. The molecule has 1 aliphatic rings. The molecule has 1 saturated heterocycles. The fourth-order valence-electron chi connectivity index (χ4n) is 3.08. The predicted octanol–water partition coefficient (Wildman–Crippen LogP) is 1.69. The molecule has 24 heavy (non-hydrogen) atoms. The Balaban J connectivity index is 1.99. The standard InChI is InChI=1S/C18H24N2O4/c1-12-8-9-20(15(10-12)18(23)24)16(21)7-6-13-4-3-5-14(11-13)17(22)19-2/h3-5,11-12,15H,6-10H2,1-2H3,(H,19,22)(H,23,24). The summed E-state index contributed by atoms with van der Waals surface area (Å²) in [6, 6.07) is 6.41. The van der Waals surface area contributed by atoms with Gasteiger partial charge in [0.05, 0.1) is 0 Å². The van der Waals surface area contributed by atoms with E-state index in [0.717, 1.165) is 12.0 Å². The molecular formula is C18H24N2O4. The number of piperidine rings is 1. The Morgan fingerprint density at radius 1 is 1.33 bits per heavy atom. The monoisotopic (exact) mass is 332 g/mol. The number of aryl methyl sites for hydroxylation is 1. The van der Waals surface area contributed by atoms with Crippen LogP contribution in [0.2, 0.25) is 0 Å². The summed E-state index contributed by atoms with van der Waals surface area (Å²) in [5.41, 5.74) is 1.44. The van der Waals surface area contributed by atoms with Crippen LogP contribution in [-0.4, -0.2) is 47.4 Å². The van der Waals surface area contributed by atoms with Crippen molar-refractivity contribution in [3.63, 3.8) is 0 Å². The molecule has 0 aromatic heterocycles. The van der Waals surface area contributed by atoms with Gasteiger partial charge in [-0.2, -0.15) is 0 Å². The normalized spacial score (nSPS) is 20.5. The number of carbonyl (C=O) groups is 3. The minimum atomic E-state index is -0.934. The van der Waals surface area contributed by atoms with Gasteiger partial charge >= 0.3 is 5.97 Å². The molecule has 1 fully saturated rings. The van der Waals surface area contributed by atoms with Gasteiger partial charge in [0.15, 0.2) is 0 Å². The van der Waals surface area contributed by atoms with Gasteiger partial charge in [0, 0.05) is 25.6 Å². The lowest BCUT2D eigenvalue weighted by Gasteiger charge is -2.36. The lowest BCUT2D eigenvalue weighted by atomic mass is 9.92. The van der Waals surface area contributed by atoms with E-state index in [1.807, 2.05) is 13.0 Å². The van der Waals surface area contributed by atoms with Crippen molar-refractivity contribution in [3.05, 3.63) is 35.4 Å². The second-order valence-electron chi connectivity index (χ2n) is 6.35. The van der Waals surface area contributed by atoms with Gasteiger partial charge in [0.25, 0.3) is 5.91 Å². The van der Waals surface area contributed by atoms with Crippen molar-refractivity contribution in [2.24, 2.45) is 5.92 Å². The zero-order chi connectivity index (χ0) is 17.7. The van der Waals surface area contributed by atoms with E-state index in [1.54, 1.807) is 25.2 Å². The Morgan fingerprint density at radius 2 is 2.08 bits per heavy atom. The summed E-state index contributed by atoms with van der Waals surface area (Å²) in [6.07, 6.45) is 2.08. The zero-order valence-corrected chi connectivity index (χ0v) is 14.1. The number of carboxylic acid groups (broad SMARTS) is 1. The molecule has 6 nitrogen and oxygen atoms in total. The van der Waals surface area contributed by atoms with Gasteiger partial charge in [-0.15, -0.1) is 0 Å². The number of aliphatic carboxylic acids is 1. The molecule has 2 rings (SSSR count). The van der Waals surface area contributed by atoms with Gasteiger partial charge in [-0.1, -0.05) is 19.1 Å². The van der Waals surface area contributed by atoms with Crippen molar-refractivity contribution in [1.82, 2.24) is 10.2 Å². The summed E-state index contributed by atoms with van der Waals surface area (Å²) in [6.45, 7) is 2.51. The molecular weight excluding hydrogens is 308 g/mol. The van der Waals surface area contributed by atoms with E-state index in [-0.39, 0.29) is 18.2 Å². The second-order valence-corrected chi connectivity index (χ2v) is 6.35. The van der Waals surface area contributed by atoms with Crippen LogP contribution in [0.25, 0.3) is 0 Å². The highest BCUT2D eigenvalue weighted by Crippen LogP contribution is 2.23. The summed E-state index contributed by atoms with van der Waals surface area (Å²) in [5, 5.41) is 11.9. The third-order valence-corrected chi connectivity index (χ3v) is 4.51. The van der Waals surface area contributed by atoms with E-state index >= 15 is 0 Å². The summed E-state index contributed by atoms with van der Waals surface area (Å²) >= 11 is 0. The summed E-state index contributed by atoms with van der Waals surface area (Å²) in [7, 11) is 1.57. The van der Waals surface area contributed by atoms with Crippen molar-refractivity contribution < 1.29 is 19.5 Å². The average molecular weight is 332 g/mol. The molecule has 0 radical (unpaired) electrons. The molecule has 2 unspecified atom stereocenters. The van der Waals surface area contributed by atoms with Crippen LogP contribution in [0.1, 0.15) is 42.1 Å². The number of amides is 2. The van der Waals surface area contributed by atoms with E-state index in [0.29, 0.717) is 30.9 Å². The number of carbonyl (C=O) groups excluding carboxylic acids is 2. The van der Waals surface area contributed by atoms with Gasteiger partial charge in [0.1, 0.15) is 6.04 Å². The fraction of sp³-hybridized carbons (Fsp3) is 0.500. The Kier molecular flexibility index (Phi) is 5.95. The molecule has 2 N–H and O–H groups in total. The molecule has 1 heterocycles. The number of rotatable bonds is 5. The molecule has 0 bridgehead atoms. The van der Waals surface area contributed by atoms with E-state index in [1.165, 1.54) is 4.90 Å². The third-order valence-electron chi connectivity index (χ3n) is 4.51. The van der Waals surface area contributed by atoms with Gasteiger partial charge in [0.2, 0.25) is 5.91 Å². The van der Waals surface area contributed by atoms with Crippen LogP contribution in [0, 0.1) is 5.92 Å². The van der Waals surface area contributed by atoms with Crippen molar-refractivity contribution in [1.29, 1.82) is 0 Å². The molecule has 0 aliphatic carbocycles. The van der Waals surface area contributed by atoms with Crippen molar-refractivity contribution in [3.8, 4) is 0 Å². The number of hydrogen-bond acceptors (Lipinski definition) is 3. The van der Waals surface area contributed by atoms with Crippen LogP contribution in [0.5, 0.6) is 0 Å². The number of likely N-dealkylation sites (tertiary alicyclic amines) is 1. The lowest BCUT2D eigenvalue weighted by molar-refractivity contribution is -0.153. The number of hydrogen-bond donors (Lipinski definition) is 2. The van der Waals surface area contributed by atoms with Crippen LogP contribution in [0.4, 0.5) is 0 Å². The lowest BCUT2D eigenvalue weighted by Crippen LogP contribution is -2.49. The fourth-order valence-corrected chi connectivity index (χ4v) is 3.08. The zero-order valence-electron chi connectivity index (χ0n) is 14.1. The van der Waals surface area contributed by atoms with Crippen LogP contribution < -0.4 is 5.32 Å². The third kappa shape index (κ3) is 4.34. The maximum atomic E-state index is 12.5. The first-order valence-corrected chi connectivity index (χ1v) is 8.25. The summed E-state index contributed by atoms with van der Waals surface area (Å²) in [5.74, 6) is -0.922. The molecule has 6 heteroatoms. The van der Waals surface area contributed by atoms with E-state index in [2.05, 4.69) is 5.32 Å². The molecule has 130 valence electrons. The van der Waals surface area contributed by atoms with Gasteiger partial charge in [-0.3, -0.25) is 9.59 Å². The van der Waals surface area contributed by atoms with Crippen molar-refractivity contribution in [2.45, 2.75) is 38.6 Å². The van der Waals surface area contributed by atoms with Crippen molar-refractivity contribution >= 4 is 17.8 Å². The summed E-state index contributed by atoms with van der Waals surface area (Å²) in [4.78, 5) is 37.0. The van der Waals surface area contributed by atoms with E-state index in [9.17, 15) is 19.5 Å². The van der Waals surface area contributed by atoms with Gasteiger partial charge in [-0.05, 0) is 42.9 Å². The smallest absolute Gasteiger partial charge is 0.326 e. The predicted molar refractivity (Wildman–Crippen MR) is 89.7 cm³/mol. The maximum Gasteiger partial charge on any atom is 0.326 e. The number of nitrogens with one attached hydrogen (secondary N) is 1. The van der Waals surface area contributed by atoms with Crippen LogP contribution in [0.15, 0.2) is 24.3 Å². The Labute approximate surface area is 141 Å². The first kappa shape index (κ1) is 18.0. The molecule has 2 atom stereocenters. The Hall–Kier alpha value is -2.37. The number of nitrogens with zero attached hydrogens (tertiary/aromatic N) is 1.